The molecule has 3 aromatic rings. The average molecular weight is 528 g/mol. The van der Waals surface area contributed by atoms with Crippen molar-refractivity contribution in [1.82, 2.24) is 14.6 Å². The summed E-state index contributed by atoms with van der Waals surface area (Å²) in [6.07, 6.45) is 0.175. The molecule has 6 nitrogen and oxygen atoms in total. The molecule has 1 aliphatic heterocycles. The molecule has 3 heterocycles. The Bertz CT molecular complexity index is 1340. The number of alkyl halides is 3. The molecule has 0 radical (unpaired) electrons. The molecule has 0 unspecified atom stereocenters. The maximum atomic E-state index is 12.9. The molecule has 12 heteroatoms. The van der Waals surface area contributed by atoms with Gasteiger partial charge in [0.15, 0.2) is 0 Å². The van der Waals surface area contributed by atoms with Crippen molar-refractivity contribution < 1.29 is 26.4 Å². The van der Waals surface area contributed by atoms with Crippen LogP contribution in [0, 0.1) is 0 Å². The first-order valence-electron chi connectivity index (χ1n) is 9.90. The van der Waals surface area contributed by atoms with Crippen molar-refractivity contribution in [2.45, 2.75) is 23.0 Å². The first-order valence-corrected chi connectivity index (χ1v) is 12.5. The predicted octanol–water partition coefficient (Wildman–Crippen LogP) is 4.73. The third kappa shape index (κ3) is 5.17. The Balaban J connectivity index is 1.44. The van der Waals surface area contributed by atoms with Gasteiger partial charge in [0.2, 0.25) is 5.91 Å². The van der Waals surface area contributed by atoms with E-state index in [0.717, 1.165) is 27.8 Å². The summed E-state index contributed by atoms with van der Waals surface area (Å²) in [4.78, 5) is 17.0. The third-order valence-electron chi connectivity index (χ3n) is 5.10. The van der Waals surface area contributed by atoms with Gasteiger partial charge in [-0.1, -0.05) is 35.9 Å². The summed E-state index contributed by atoms with van der Waals surface area (Å²) in [5.74, 6) is -0.526. The van der Waals surface area contributed by atoms with Crippen molar-refractivity contribution in [3.05, 3.63) is 82.5 Å². The number of pyridine rings is 1. The number of nitrogens with one attached hydrogen (secondary N) is 1. The smallest absolute Gasteiger partial charge is 0.349 e. The van der Waals surface area contributed by atoms with Gasteiger partial charge < -0.3 is 5.32 Å². The molecule has 2 aromatic heterocycles. The third-order valence-corrected chi connectivity index (χ3v) is 8.65. The zero-order valence-electron chi connectivity index (χ0n) is 17.3. The van der Waals surface area contributed by atoms with E-state index in [1.54, 1.807) is 18.2 Å². The fourth-order valence-electron chi connectivity index (χ4n) is 3.41. The molecule has 1 N–H and O–H groups in total. The SMILES string of the molecule is O=C(NCc1cc(-c2ccc(C(F)(F)F)cc2)ccn1)[C@@H]1C=CCN1S(=O)(=O)c1ccc(Cl)s1. The lowest BCUT2D eigenvalue weighted by Gasteiger charge is -2.22. The molecule has 178 valence electrons. The molecule has 1 atom stereocenters. The summed E-state index contributed by atoms with van der Waals surface area (Å²) in [6.45, 7) is 0.0635. The van der Waals surface area contributed by atoms with Gasteiger partial charge in [0, 0.05) is 12.7 Å². The lowest BCUT2D eigenvalue weighted by molar-refractivity contribution is -0.137. The van der Waals surface area contributed by atoms with Crippen LogP contribution in [-0.4, -0.2) is 36.2 Å². The van der Waals surface area contributed by atoms with Gasteiger partial charge in [-0.05, 0) is 47.5 Å². The molecule has 0 saturated carbocycles. The van der Waals surface area contributed by atoms with E-state index in [-0.39, 0.29) is 17.3 Å². The Hall–Kier alpha value is -2.73. The Kier molecular flexibility index (Phi) is 6.81. The first kappa shape index (κ1) is 24.4. The van der Waals surface area contributed by atoms with E-state index in [9.17, 15) is 26.4 Å². The summed E-state index contributed by atoms with van der Waals surface area (Å²) in [5.41, 5.74) is 0.917. The number of sulfonamides is 1. The lowest BCUT2D eigenvalue weighted by atomic mass is 10.0. The van der Waals surface area contributed by atoms with E-state index in [4.69, 9.17) is 11.6 Å². The highest BCUT2D eigenvalue weighted by Crippen LogP contribution is 2.32. The van der Waals surface area contributed by atoms with E-state index >= 15 is 0 Å². The van der Waals surface area contributed by atoms with Crippen LogP contribution in [0.3, 0.4) is 0 Å². The van der Waals surface area contributed by atoms with Crippen molar-refractivity contribution in [1.29, 1.82) is 0 Å². The number of amides is 1. The quantitative estimate of drug-likeness (QED) is 0.470. The zero-order chi connectivity index (χ0) is 24.5. The molecule has 0 fully saturated rings. The van der Waals surface area contributed by atoms with Gasteiger partial charge in [-0.25, -0.2) is 8.42 Å². The van der Waals surface area contributed by atoms with E-state index in [2.05, 4.69) is 10.3 Å². The Labute approximate surface area is 202 Å². The molecule has 4 rings (SSSR count). The first-order chi connectivity index (χ1) is 16.1. The molecule has 0 saturated heterocycles. The van der Waals surface area contributed by atoms with Crippen LogP contribution in [0.25, 0.3) is 11.1 Å². The normalized spacial score (nSPS) is 16.6. The Morgan fingerprint density at radius 1 is 1.15 bits per heavy atom. The molecule has 0 bridgehead atoms. The summed E-state index contributed by atoms with van der Waals surface area (Å²) < 4.78 is 65.6. The number of benzene rings is 1. The molecular formula is C22H17ClF3N3O3S2. The minimum Gasteiger partial charge on any atom is -0.349 e. The van der Waals surface area contributed by atoms with Crippen LogP contribution in [-0.2, 0) is 27.5 Å². The molecule has 0 aliphatic carbocycles. The minimum absolute atomic E-state index is 0.0103. The summed E-state index contributed by atoms with van der Waals surface area (Å²) >= 11 is 6.77. The molecule has 1 amide bonds. The van der Waals surface area contributed by atoms with Gasteiger partial charge >= 0.3 is 6.18 Å². The maximum Gasteiger partial charge on any atom is 0.416 e. The van der Waals surface area contributed by atoms with Crippen molar-refractivity contribution in [3.8, 4) is 11.1 Å². The molecule has 1 aliphatic rings. The van der Waals surface area contributed by atoms with Gasteiger partial charge in [-0.2, -0.15) is 17.5 Å². The van der Waals surface area contributed by atoms with Gasteiger partial charge in [-0.3, -0.25) is 9.78 Å². The van der Waals surface area contributed by atoms with E-state index < -0.39 is 33.7 Å². The van der Waals surface area contributed by atoms with Gasteiger partial charge in [-0.15, -0.1) is 11.3 Å². The molecule has 1 aromatic carbocycles. The number of aromatic nitrogens is 1. The van der Waals surface area contributed by atoms with Crippen LogP contribution in [0.5, 0.6) is 0 Å². The topological polar surface area (TPSA) is 79.4 Å². The number of hydrogen-bond donors (Lipinski definition) is 1. The number of carbonyl (C=O) groups excluding carboxylic acids is 1. The summed E-state index contributed by atoms with van der Waals surface area (Å²) in [6, 6.07) is 9.87. The highest BCUT2D eigenvalue weighted by atomic mass is 35.5. The maximum absolute atomic E-state index is 12.9. The summed E-state index contributed by atoms with van der Waals surface area (Å²) in [7, 11) is -3.90. The molecular weight excluding hydrogens is 511 g/mol. The largest absolute Gasteiger partial charge is 0.416 e. The standard InChI is InChI=1S/C22H17ClF3N3O3S2/c23-19-7-8-20(33-19)34(31,32)29-11-1-2-18(29)21(30)28-13-17-12-15(9-10-27-17)14-3-5-16(6-4-14)22(24,25)26/h1-10,12,18H,11,13H2,(H,28,30)/t18-/m0/s1. The lowest BCUT2D eigenvalue weighted by Crippen LogP contribution is -2.45. The van der Waals surface area contributed by atoms with Crippen molar-refractivity contribution in [2.75, 3.05) is 6.54 Å². The molecule has 34 heavy (non-hydrogen) atoms. The van der Waals surface area contributed by atoms with E-state index in [1.165, 1.54) is 36.5 Å². The number of nitrogens with zero attached hydrogens (tertiary/aromatic N) is 2. The number of carbonyl (C=O) groups is 1. The van der Waals surface area contributed by atoms with Crippen LogP contribution in [0.1, 0.15) is 11.3 Å². The van der Waals surface area contributed by atoms with Gasteiger partial charge in [0.25, 0.3) is 10.0 Å². The number of rotatable bonds is 6. The van der Waals surface area contributed by atoms with Crippen molar-refractivity contribution in [2.24, 2.45) is 0 Å². The fraction of sp³-hybridized carbons (Fsp3) is 0.182. The van der Waals surface area contributed by atoms with Crippen LogP contribution >= 0.6 is 22.9 Å². The van der Waals surface area contributed by atoms with Gasteiger partial charge in [0.1, 0.15) is 10.3 Å². The second-order valence-corrected chi connectivity index (χ2v) is 11.2. The highest BCUT2D eigenvalue weighted by molar-refractivity contribution is 7.91. The second kappa shape index (κ2) is 9.49. The highest BCUT2D eigenvalue weighted by Gasteiger charge is 2.37. The average Bonchev–Trinajstić information content (AvgIpc) is 3.47. The monoisotopic (exact) mass is 527 g/mol. The van der Waals surface area contributed by atoms with Gasteiger partial charge in [0.05, 0.1) is 22.1 Å². The minimum atomic E-state index is -4.42. The van der Waals surface area contributed by atoms with Crippen molar-refractivity contribution in [3.63, 3.8) is 0 Å². The number of hydrogen-bond acceptors (Lipinski definition) is 5. The molecule has 0 spiro atoms. The zero-order valence-corrected chi connectivity index (χ0v) is 19.7. The number of thiophene rings is 1. The Morgan fingerprint density at radius 2 is 1.88 bits per heavy atom. The van der Waals surface area contributed by atoms with E-state index in [0.29, 0.717) is 21.2 Å². The van der Waals surface area contributed by atoms with Crippen LogP contribution in [0.4, 0.5) is 13.2 Å². The predicted molar refractivity (Wildman–Crippen MR) is 123 cm³/mol. The fourth-order valence-corrected chi connectivity index (χ4v) is 6.52. The van der Waals surface area contributed by atoms with Crippen molar-refractivity contribution >= 4 is 38.9 Å². The van der Waals surface area contributed by atoms with Crippen LogP contribution < -0.4 is 5.32 Å². The summed E-state index contributed by atoms with van der Waals surface area (Å²) in [5, 5.41) is 2.68. The Morgan fingerprint density at radius 3 is 2.53 bits per heavy atom. The van der Waals surface area contributed by atoms with Crippen LogP contribution in [0.15, 0.2) is 71.1 Å². The van der Waals surface area contributed by atoms with E-state index in [1.807, 2.05) is 0 Å². The number of halogens is 4. The second-order valence-electron chi connectivity index (χ2n) is 7.34. The van der Waals surface area contributed by atoms with Crippen LogP contribution in [0.2, 0.25) is 4.34 Å².